The third kappa shape index (κ3) is 4.02. The van der Waals surface area contributed by atoms with Gasteiger partial charge in [0.05, 0.1) is 13.2 Å². The number of likely N-dealkylation sites (tertiary alicyclic amines) is 1. The van der Waals surface area contributed by atoms with Gasteiger partial charge < -0.3 is 10.1 Å². The maximum Gasteiger partial charge on any atom is 0.251 e. The Labute approximate surface area is 166 Å². The zero-order valence-electron chi connectivity index (χ0n) is 16.2. The van der Waals surface area contributed by atoms with Crippen LogP contribution >= 0.6 is 0 Å². The Morgan fingerprint density at radius 1 is 1.00 bits per heavy atom. The molecule has 0 bridgehead atoms. The van der Waals surface area contributed by atoms with Gasteiger partial charge in [0.1, 0.15) is 5.75 Å². The number of nitrogens with zero attached hydrogens (tertiary/aromatic N) is 1. The van der Waals surface area contributed by atoms with Gasteiger partial charge in [0.15, 0.2) is 0 Å². The predicted molar refractivity (Wildman–Crippen MR) is 113 cm³/mol. The third-order valence-electron chi connectivity index (χ3n) is 5.53. The molecule has 1 aliphatic rings. The number of amides is 1. The van der Waals surface area contributed by atoms with Crippen LogP contribution in [0.4, 0.5) is 0 Å². The van der Waals surface area contributed by atoms with E-state index in [0.29, 0.717) is 12.1 Å². The largest absolute Gasteiger partial charge is 0.497 e. The highest BCUT2D eigenvalue weighted by atomic mass is 16.5. The Balaban J connectivity index is 1.52. The molecular weight excluding hydrogens is 348 g/mol. The molecule has 1 fully saturated rings. The van der Waals surface area contributed by atoms with E-state index in [9.17, 15) is 4.79 Å². The topological polar surface area (TPSA) is 41.6 Å². The van der Waals surface area contributed by atoms with E-state index < -0.39 is 0 Å². The van der Waals surface area contributed by atoms with Gasteiger partial charge in [0.2, 0.25) is 0 Å². The van der Waals surface area contributed by atoms with Crippen molar-refractivity contribution in [3.05, 3.63) is 77.9 Å². The average molecular weight is 374 g/mol. The Bertz CT molecular complexity index is 963. The molecule has 1 aliphatic heterocycles. The van der Waals surface area contributed by atoms with Crippen LogP contribution in [0.15, 0.2) is 66.7 Å². The zero-order chi connectivity index (χ0) is 19.3. The Hall–Kier alpha value is -2.85. The second-order valence-electron chi connectivity index (χ2n) is 7.31. The van der Waals surface area contributed by atoms with E-state index in [0.717, 1.165) is 29.6 Å². The molecule has 28 heavy (non-hydrogen) atoms. The van der Waals surface area contributed by atoms with Crippen LogP contribution in [0.2, 0.25) is 0 Å². The molecule has 3 aromatic carbocycles. The second-order valence-corrected chi connectivity index (χ2v) is 7.31. The van der Waals surface area contributed by atoms with Gasteiger partial charge in [-0.05, 0) is 66.5 Å². The molecule has 1 N–H and O–H groups in total. The summed E-state index contributed by atoms with van der Waals surface area (Å²) in [6.45, 7) is 2.71. The average Bonchev–Trinajstić information content (AvgIpc) is 3.28. The highest BCUT2D eigenvalue weighted by molar-refractivity contribution is 5.98. The quantitative estimate of drug-likeness (QED) is 0.695. The normalized spacial score (nSPS) is 15.5. The number of hydrogen-bond acceptors (Lipinski definition) is 3. The summed E-state index contributed by atoms with van der Waals surface area (Å²) in [7, 11) is 1.69. The molecule has 0 radical (unpaired) electrons. The lowest BCUT2D eigenvalue weighted by atomic mass is 10.0. The predicted octanol–water partition coefficient (Wildman–Crippen LogP) is 4.42. The lowest BCUT2D eigenvalue weighted by Crippen LogP contribution is -2.36. The molecule has 144 valence electrons. The second kappa shape index (κ2) is 8.44. The summed E-state index contributed by atoms with van der Waals surface area (Å²) in [5.41, 5.74) is 1.88. The molecule has 1 atom stereocenters. The number of benzene rings is 3. The van der Waals surface area contributed by atoms with Gasteiger partial charge in [0, 0.05) is 12.1 Å². The number of rotatable bonds is 6. The first-order valence-corrected chi connectivity index (χ1v) is 9.89. The number of ether oxygens (including phenoxy) is 1. The molecule has 0 saturated carbocycles. The molecule has 1 saturated heterocycles. The van der Waals surface area contributed by atoms with E-state index in [1.807, 2.05) is 48.5 Å². The van der Waals surface area contributed by atoms with Gasteiger partial charge in [-0.1, -0.05) is 42.5 Å². The third-order valence-corrected chi connectivity index (χ3v) is 5.53. The molecule has 4 rings (SSSR count). The summed E-state index contributed by atoms with van der Waals surface area (Å²) in [5, 5.41) is 5.38. The molecule has 4 heteroatoms. The molecule has 0 spiro atoms. The van der Waals surface area contributed by atoms with Crippen molar-refractivity contribution in [1.82, 2.24) is 10.2 Å². The van der Waals surface area contributed by atoms with Crippen molar-refractivity contribution in [1.29, 1.82) is 0 Å². The fraction of sp³-hybridized carbons (Fsp3) is 0.292. The van der Waals surface area contributed by atoms with Crippen molar-refractivity contribution in [2.75, 3.05) is 26.7 Å². The number of nitrogens with one attached hydrogen (secondary N) is 1. The van der Waals surface area contributed by atoms with Crippen LogP contribution in [-0.2, 0) is 0 Å². The zero-order valence-corrected chi connectivity index (χ0v) is 16.2. The van der Waals surface area contributed by atoms with Crippen molar-refractivity contribution in [2.45, 2.75) is 18.9 Å². The summed E-state index contributed by atoms with van der Waals surface area (Å²) < 4.78 is 5.40. The van der Waals surface area contributed by atoms with E-state index in [1.165, 1.54) is 18.4 Å². The first-order chi connectivity index (χ1) is 13.7. The first kappa shape index (κ1) is 18.5. The fourth-order valence-electron chi connectivity index (χ4n) is 3.98. The molecule has 0 aromatic heterocycles. The number of fused-ring (bicyclic) bond motifs is 1. The molecule has 4 nitrogen and oxygen atoms in total. The van der Waals surface area contributed by atoms with Crippen LogP contribution in [0.25, 0.3) is 10.8 Å². The van der Waals surface area contributed by atoms with E-state index in [-0.39, 0.29) is 11.9 Å². The van der Waals surface area contributed by atoms with Crippen molar-refractivity contribution in [3.8, 4) is 5.75 Å². The standard InChI is InChI=1S/C24H26N2O2/c1-28-22-10-6-9-20(16-22)23(26-13-4-5-14-26)17-25-24(27)21-12-11-18-7-2-3-8-19(18)15-21/h2-3,6-12,15-16,23H,4-5,13-14,17H2,1H3,(H,25,27). The number of carbonyl (C=O) groups excluding carboxylic acids is 1. The molecule has 1 amide bonds. The summed E-state index contributed by atoms with van der Waals surface area (Å²) in [6.07, 6.45) is 2.41. The van der Waals surface area contributed by atoms with Gasteiger partial charge in [-0.3, -0.25) is 9.69 Å². The van der Waals surface area contributed by atoms with Gasteiger partial charge in [0.25, 0.3) is 5.91 Å². The molecule has 3 aromatic rings. The Morgan fingerprint density at radius 2 is 1.79 bits per heavy atom. The SMILES string of the molecule is COc1cccc(C(CNC(=O)c2ccc3ccccc3c2)N2CCCC2)c1. The molecular formula is C24H26N2O2. The van der Waals surface area contributed by atoms with E-state index >= 15 is 0 Å². The number of methoxy groups -OCH3 is 1. The Morgan fingerprint density at radius 3 is 2.57 bits per heavy atom. The molecule has 1 unspecified atom stereocenters. The van der Waals surface area contributed by atoms with Crippen molar-refractivity contribution >= 4 is 16.7 Å². The molecule has 0 aliphatic carbocycles. The summed E-state index contributed by atoms with van der Waals surface area (Å²) in [6, 6.07) is 22.3. The van der Waals surface area contributed by atoms with E-state index in [1.54, 1.807) is 7.11 Å². The fourth-order valence-corrected chi connectivity index (χ4v) is 3.98. The Kier molecular flexibility index (Phi) is 5.58. The minimum atomic E-state index is -0.0298. The van der Waals surface area contributed by atoms with Crippen molar-refractivity contribution in [3.63, 3.8) is 0 Å². The highest BCUT2D eigenvalue weighted by Gasteiger charge is 2.24. The lowest BCUT2D eigenvalue weighted by Gasteiger charge is -2.28. The lowest BCUT2D eigenvalue weighted by molar-refractivity contribution is 0.0938. The van der Waals surface area contributed by atoms with Gasteiger partial charge in [-0.25, -0.2) is 0 Å². The van der Waals surface area contributed by atoms with Gasteiger partial charge >= 0.3 is 0 Å². The van der Waals surface area contributed by atoms with Crippen LogP contribution in [0.1, 0.15) is 34.8 Å². The number of carbonyl (C=O) groups is 1. The first-order valence-electron chi connectivity index (χ1n) is 9.89. The summed E-state index contributed by atoms with van der Waals surface area (Å²) in [4.78, 5) is 15.3. The van der Waals surface area contributed by atoms with E-state index in [2.05, 4.69) is 28.4 Å². The van der Waals surface area contributed by atoms with Crippen LogP contribution in [0, 0.1) is 0 Å². The van der Waals surface area contributed by atoms with Gasteiger partial charge in [-0.2, -0.15) is 0 Å². The summed E-state index contributed by atoms with van der Waals surface area (Å²) >= 11 is 0. The van der Waals surface area contributed by atoms with E-state index in [4.69, 9.17) is 4.74 Å². The maximum atomic E-state index is 12.8. The van der Waals surface area contributed by atoms with Gasteiger partial charge in [-0.15, -0.1) is 0 Å². The monoisotopic (exact) mass is 374 g/mol. The molecule has 1 heterocycles. The van der Waals surface area contributed by atoms with Crippen molar-refractivity contribution < 1.29 is 9.53 Å². The maximum absolute atomic E-state index is 12.8. The smallest absolute Gasteiger partial charge is 0.251 e. The minimum absolute atomic E-state index is 0.0298. The van der Waals surface area contributed by atoms with Crippen LogP contribution < -0.4 is 10.1 Å². The summed E-state index contributed by atoms with van der Waals surface area (Å²) in [5.74, 6) is 0.820. The number of hydrogen-bond donors (Lipinski definition) is 1. The minimum Gasteiger partial charge on any atom is -0.497 e. The highest BCUT2D eigenvalue weighted by Crippen LogP contribution is 2.27. The van der Waals surface area contributed by atoms with Crippen LogP contribution in [0.3, 0.4) is 0 Å². The van der Waals surface area contributed by atoms with Crippen LogP contribution in [0.5, 0.6) is 5.75 Å². The van der Waals surface area contributed by atoms with Crippen LogP contribution in [-0.4, -0.2) is 37.6 Å². The van der Waals surface area contributed by atoms with Crippen molar-refractivity contribution in [2.24, 2.45) is 0 Å².